The molecular weight excluding hydrogens is 176 g/mol. The van der Waals surface area contributed by atoms with Gasteiger partial charge in [0.15, 0.2) is 0 Å². The summed E-state index contributed by atoms with van der Waals surface area (Å²) in [4.78, 5) is 10.1. The first kappa shape index (κ1) is 10.8. The number of rotatable bonds is 5. The maximum Gasteiger partial charge on any atom is 0.293 e. The molecule has 0 N–H and O–H groups in total. The van der Waals surface area contributed by atoms with Crippen LogP contribution in [0.1, 0.15) is 25.3 Å². The zero-order valence-electron chi connectivity index (χ0n) is 8.64. The minimum Gasteiger partial charge on any atom is -0.467 e. The summed E-state index contributed by atoms with van der Waals surface area (Å²) in [6.45, 7) is 5.24. The number of carbonyl (C=O) groups is 1. The Hall–Kier alpha value is -1.31. The Labute approximate surface area is 84.9 Å². The van der Waals surface area contributed by atoms with Crippen LogP contribution in [0.25, 0.3) is 0 Å². The third-order valence-electron chi connectivity index (χ3n) is 2.38. The molecule has 0 radical (unpaired) electrons. The van der Waals surface area contributed by atoms with Gasteiger partial charge in [-0.3, -0.25) is 4.79 Å². The molecule has 0 aliphatic carbocycles. The van der Waals surface area contributed by atoms with Gasteiger partial charge in [-0.25, -0.2) is 0 Å². The molecular formula is C12H16O2. The van der Waals surface area contributed by atoms with Gasteiger partial charge in [0.1, 0.15) is 0 Å². The van der Waals surface area contributed by atoms with E-state index in [9.17, 15) is 4.79 Å². The second kappa shape index (κ2) is 5.43. The lowest BCUT2D eigenvalue weighted by Crippen LogP contribution is -2.13. The Kier molecular flexibility index (Phi) is 4.17. The fourth-order valence-corrected chi connectivity index (χ4v) is 1.52. The molecule has 1 aromatic rings. The largest absolute Gasteiger partial charge is 0.467 e. The zero-order valence-corrected chi connectivity index (χ0v) is 8.64. The fourth-order valence-electron chi connectivity index (χ4n) is 1.52. The van der Waals surface area contributed by atoms with Crippen molar-refractivity contribution < 1.29 is 9.53 Å². The summed E-state index contributed by atoms with van der Waals surface area (Å²) in [5.41, 5.74) is 1.23. The van der Waals surface area contributed by atoms with Crippen molar-refractivity contribution in [3.8, 4) is 0 Å². The van der Waals surface area contributed by atoms with Gasteiger partial charge in [0, 0.05) is 5.92 Å². The number of hydrogen-bond acceptors (Lipinski definition) is 2. The smallest absolute Gasteiger partial charge is 0.293 e. The van der Waals surface area contributed by atoms with Crippen LogP contribution in [0.5, 0.6) is 0 Å². The normalized spacial score (nSPS) is 12.5. The highest BCUT2D eigenvalue weighted by molar-refractivity contribution is 5.37. The lowest BCUT2D eigenvalue weighted by Gasteiger charge is -2.19. The molecule has 14 heavy (non-hydrogen) atoms. The van der Waals surface area contributed by atoms with Crippen LogP contribution in [0.2, 0.25) is 0 Å². The maximum atomic E-state index is 10.1. The zero-order chi connectivity index (χ0) is 10.4. The third kappa shape index (κ3) is 2.87. The lowest BCUT2D eigenvalue weighted by atomic mass is 9.89. The van der Waals surface area contributed by atoms with Crippen LogP contribution in [0, 0.1) is 5.92 Å². The molecule has 0 fully saturated rings. The molecule has 76 valence electrons. The molecule has 0 amide bonds. The molecule has 0 bridgehead atoms. The van der Waals surface area contributed by atoms with E-state index in [0.29, 0.717) is 24.9 Å². The molecule has 0 aliphatic rings. The van der Waals surface area contributed by atoms with E-state index in [1.807, 2.05) is 18.2 Å². The lowest BCUT2D eigenvalue weighted by molar-refractivity contribution is -0.129. The summed E-state index contributed by atoms with van der Waals surface area (Å²) in [5.74, 6) is 0.763. The van der Waals surface area contributed by atoms with Crippen molar-refractivity contribution in [1.29, 1.82) is 0 Å². The first-order valence-electron chi connectivity index (χ1n) is 4.86. The van der Waals surface area contributed by atoms with Crippen LogP contribution in [0.4, 0.5) is 0 Å². The van der Waals surface area contributed by atoms with Gasteiger partial charge in [-0.15, -0.1) is 0 Å². The van der Waals surface area contributed by atoms with Crippen LogP contribution in [0.15, 0.2) is 30.3 Å². The Morgan fingerprint density at radius 2 is 1.93 bits per heavy atom. The molecule has 0 heterocycles. The van der Waals surface area contributed by atoms with Gasteiger partial charge in [-0.05, 0) is 11.5 Å². The van der Waals surface area contributed by atoms with Crippen LogP contribution in [-0.4, -0.2) is 13.1 Å². The molecule has 2 nitrogen and oxygen atoms in total. The van der Waals surface area contributed by atoms with Crippen LogP contribution >= 0.6 is 0 Å². The monoisotopic (exact) mass is 192 g/mol. The first-order chi connectivity index (χ1) is 6.75. The van der Waals surface area contributed by atoms with E-state index in [0.717, 1.165) is 0 Å². The van der Waals surface area contributed by atoms with Crippen molar-refractivity contribution in [2.24, 2.45) is 5.92 Å². The first-order valence-corrected chi connectivity index (χ1v) is 4.86. The third-order valence-corrected chi connectivity index (χ3v) is 2.38. The average Bonchev–Trinajstić information content (AvgIpc) is 2.19. The number of hydrogen-bond donors (Lipinski definition) is 0. The van der Waals surface area contributed by atoms with Crippen molar-refractivity contribution in [2.45, 2.75) is 19.8 Å². The van der Waals surface area contributed by atoms with Gasteiger partial charge >= 0.3 is 0 Å². The van der Waals surface area contributed by atoms with Gasteiger partial charge in [0.2, 0.25) is 0 Å². The highest BCUT2D eigenvalue weighted by Crippen LogP contribution is 2.24. The SMILES string of the molecule is CC(C)[C@H](COC=O)c1ccccc1. The van der Waals surface area contributed by atoms with Gasteiger partial charge in [-0.1, -0.05) is 44.2 Å². The summed E-state index contributed by atoms with van der Waals surface area (Å²) in [6, 6.07) is 10.1. The molecule has 0 aromatic heterocycles. The van der Waals surface area contributed by atoms with E-state index >= 15 is 0 Å². The van der Waals surface area contributed by atoms with Gasteiger partial charge in [0.25, 0.3) is 6.47 Å². The molecule has 1 aromatic carbocycles. The number of carbonyl (C=O) groups excluding carboxylic acids is 1. The Morgan fingerprint density at radius 1 is 1.29 bits per heavy atom. The van der Waals surface area contributed by atoms with Crippen LogP contribution in [0.3, 0.4) is 0 Å². The van der Waals surface area contributed by atoms with Gasteiger partial charge in [0.05, 0.1) is 6.61 Å². The molecule has 1 atom stereocenters. The van der Waals surface area contributed by atoms with E-state index in [4.69, 9.17) is 4.74 Å². The van der Waals surface area contributed by atoms with Crippen molar-refractivity contribution in [2.75, 3.05) is 6.61 Å². The van der Waals surface area contributed by atoms with Crippen molar-refractivity contribution in [3.05, 3.63) is 35.9 Å². The molecule has 0 unspecified atom stereocenters. The predicted octanol–water partition coefficient (Wildman–Crippen LogP) is 2.60. The summed E-state index contributed by atoms with van der Waals surface area (Å²) in [6.07, 6.45) is 0. The topological polar surface area (TPSA) is 26.3 Å². The molecule has 0 spiro atoms. The number of benzene rings is 1. The second-order valence-corrected chi connectivity index (χ2v) is 3.69. The quantitative estimate of drug-likeness (QED) is 0.670. The summed E-state index contributed by atoms with van der Waals surface area (Å²) < 4.78 is 4.83. The van der Waals surface area contributed by atoms with E-state index in [1.165, 1.54) is 5.56 Å². The molecule has 0 saturated carbocycles. The summed E-state index contributed by atoms with van der Waals surface area (Å²) in [7, 11) is 0. The van der Waals surface area contributed by atoms with Crippen LogP contribution < -0.4 is 0 Å². The van der Waals surface area contributed by atoms with E-state index in [-0.39, 0.29) is 0 Å². The predicted molar refractivity (Wildman–Crippen MR) is 56.0 cm³/mol. The van der Waals surface area contributed by atoms with E-state index in [1.54, 1.807) is 0 Å². The van der Waals surface area contributed by atoms with Crippen molar-refractivity contribution >= 4 is 6.47 Å². The molecule has 1 rings (SSSR count). The minimum atomic E-state index is 0.293. The molecule has 0 aliphatic heterocycles. The standard InChI is InChI=1S/C12H16O2/c1-10(2)12(8-14-9-13)11-6-4-3-5-7-11/h3-7,9-10,12H,8H2,1-2H3/t12-/m0/s1. The summed E-state index contributed by atoms with van der Waals surface area (Å²) in [5, 5.41) is 0. The van der Waals surface area contributed by atoms with Gasteiger partial charge in [-0.2, -0.15) is 0 Å². The average molecular weight is 192 g/mol. The second-order valence-electron chi connectivity index (χ2n) is 3.69. The van der Waals surface area contributed by atoms with Crippen molar-refractivity contribution in [1.82, 2.24) is 0 Å². The van der Waals surface area contributed by atoms with Gasteiger partial charge < -0.3 is 4.74 Å². The number of ether oxygens (including phenoxy) is 1. The van der Waals surface area contributed by atoms with Crippen LogP contribution in [-0.2, 0) is 9.53 Å². The highest BCUT2D eigenvalue weighted by atomic mass is 16.5. The molecule has 2 heteroatoms. The summed E-state index contributed by atoms with van der Waals surface area (Å²) >= 11 is 0. The van der Waals surface area contributed by atoms with E-state index in [2.05, 4.69) is 26.0 Å². The minimum absolute atomic E-state index is 0.293. The Bertz CT molecular complexity index is 267. The maximum absolute atomic E-state index is 10.1. The molecule has 0 saturated heterocycles. The highest BCUT2D eigenvalue weighted by Gasteiger charge is 2.15. The fraction of sp³-hybridized carbons (Fsp3) is 0.417. The Morgan fingerprint density at radius 3 is 2.43 bits per heavy atom. The van der Waals surface area contributed by atoms with E-state index < -0.39 is 0 Å². The Balaban J connectivity index is 2.72. The van der Waals surface area contributed by atoms with Crippen molar-refractivity contribution in [3.63, 3.8) is 0 Å².